The van der Waals surface area contributed by atoms with Gasteiger partial charge in [0.15, 0.2) is 5.16 Å². The molecule has 0 fully saturated rings. The lowest BCUT2D eigenvalue weighted by molar-refractivity contribution is 0.622. The van der Waals surface area contributed by atoms with E-state index in [0.717, 1.165) is 5.16 Å². The molecule has 0 radical (unpaired) electrons. The molecular weight excluding hydrogens is 184 g/mol. The van der Waals surface area contributed by atoms with Crippen molar-refractivity contribution in [2.24, 2.45) is 0 Å². The third kappa shape index (κ3) is 3.59. The van der Waals surface area contributed by atoms with Gasteiger partial charge in [0.2, 0.25) is 5.95 Å². The number of anilines is 1. The lowest BCUT2D eigenvalue weighted by atomic mass is 10.1. The molecule has 0 amide bonds. The van der Waals surface area contributed by atoms with Gasteiger partial charge in [-0.25, -0.2) is 9.97 Å². The maximum atomic E-state index is 4.21. The van der Waals surface area contributed by atoms with Crippen LogP contribution in [0.1, 0.15) is 20.8 Å². The summed E-state index contributed by atoms with van der Waals surface area (Å²) in [6.07, 6.45) is 3.46. The van der Waals surface area contributed by atoms with Crippen LogP contribution < -0.4 is 5.32 Å². The predicted molar refractivity (Wildman–Crippen MR) is 55.0 cm³/mol. The minimum atomic E-state index is -0.0168. The van der Waals surface area contributed by atoms with E-state index in [1.165, 1.54) is 18.1 Å². The Balaban J connectivity index is 2.78. The summed E-state index contributed by atoms with van der Waals surface area (Å²) in [4.78, 5) is 12.2. The number of rotatable bonds is 2. The van der Waals surface area contributed by atoms with Crippen molar-refractivity contribution >= 4 is 17.7 Å². The zero-order valence-corrected chi connectivity index (χ0v) is 9.14. The number of nitrogens with zero attached hydrogens (tertiary/aromatic N) is 3. The van der Waals surface area contributed by atoms with Crippen molar-refractivity contribution in [2.45, 2.75) is 31.5 Å². The molecule has 0 bridgehead atoms. The van der Waals surface area contributed by atoms with Crippen LogP contribution in [0, 0.1) is 0 Å². The number of hydrogen-bond donors (Lipinski definition) is 1. The molecule has 1 aromatic heterocycles. The van der Waals surface area contributed by atoms with Crippen molar-refractivity contribution in [1.82, 2.24) is 15.0 Å². The Morgan fingerprint density at radius 3 is 2.54 bits per heavy atom. The fourth-order valence-corrected chi connectivity index (χ4v) is 1.11. The van der Waals surface area contributed by atoms with Gasteiger partial charge < -0.3 is 5.32 Å². The zero-order valence-electron chi connectivity index (χ0n) is 8.33. The smallest absolute Gasteiger partial charge is 0.227 e. The molecule has 0 aromatic carbocycles. The highest BCUT2D eigenvalue weighted by Crippen LogP contribution is 2.12. The summed E-state index contributed by atoms with van der Waals surface area (Å²) < 4.78 is 0. The molecule has 1 heterocycles. The molecule has 0 unspecified atom stereocenters. The summed E-state index contributed by atoms with van der Waals surface area (Å²) in [6.45, 7) is 6.20. The van der Waals surface area contributed by atoms with Gasteiger partial charge in [0.05, 0.1) is 0 Å². The van der Waals surface area contributed by atoms with Crippen molar-refractivity contribution in [3.05, 3.63) is 6.33 Å². The summed E-state index contributed by atoms with van der Waals surface area (Å²) >= 11 is 1.51. The summed E-state index contributed by atoms with van der Waals surface area (Å²) in [7, 11) is 0. The quantitative estimate of drug-likeness (QED) is 0.734. The molecule has 0 saturated heterocycles. The molecule has 5 heteroatoms. The Hall–Kier alpha value is -0.840. The van der Waals surface area contributed by atoms with Crippen molar-refractivity contribution in [3.63, 3.8) is 0 Å². The highest BCUT2D eigenvalue weighted by molar-refractivity contribution is 7.98. The van der Waals surface area contributed by atoms with Crippen LogP contribution in [0.3, 0.4) is 0 Å². The first-order valence-corrected chi connectivity index (χ1v) is 5.25. The van der Waals surface area contributed by atoms with Crippen LogP contribution in [0.25, 0.3) is 0 Å². The fourth-order valence-electron chi connectivity index (χ4n) is 0.775. The van der Waals surface area contributed by atoms with Crippen molar-refractivity contribution in [1.29, 1.82) is 0 Å². The summed E-state index contributed by atoms with van der Waals surface area (Å²) in [5.41, 5.74) is -0.0168. The number of nitrogens with one attached hydrogen (secondary N) is 1. The first-order valence-electron chi connectivity index (χ1n) is 4.02. The minimum absolute atomic E-state index is 0.0168. The first-order chi connectivity index (χ1) is 6.01. The van der Waals surface area contributed by atoms with Gasteiger partial charge in [-0.3, -0.25) is 0 Å². The van der Waals surface area contributed by atoms with Gasteiger partial charge in [0, 0.05) is 5.54 Å². The largest absolute Gasteiger partial charge is 0.350 e. The van der Waals surface area contributed by atoms with Gasteiger partial charge in [0.1, 0.15) is 6.33 Å². The van der Waals surface area contributed by atoms with Crippen LogP contribution in [-0.4, -0.2) is 26.7 Å². The Kier molecular flexibility index (Phi) is 3.08. The Labute approximate surface area is 82.6 Å². The van der Waals surface area contributed by atoms with E-state index in [9.17, 15) is 0 Å². The van der Waals surface area contributed by atoms with Crippen LogP contribution in [0.2, 0.25) is 0 Å². The van der Waals surface area contributed by atoms with Crippen LogP contribution in [0.5, 0.6) is 0 Å². The monoisotopic (exact) mass is 198 g/mol. The van der Waals surface area contributed by atoms with Crippen molar-refractivity contribution in [3.8, 4) is 0 Å². The van der Waals surface area contributed by atoms with Crippen molar-refractivity contribution < 1.29 is 0 Å². The number of hydrogen-bond acceptors (Lipinski definition) is 5. The van der Waals surface area contributed by atoms with Gasteiger partial charge in [-0.1, -0.05) is 11.8 Å². The Morgan fingerprint density at radius 1 is 1.31 bits per heavy atom. The molecule has 0 atom stereocenters. The summed E-state index contributed by atoms with van der Waals surface area (Å²) in [5.74, 6) is 0.631. The molecule has 0 saturated carbocycles. The first kappa shape index (κ1) is 10.2. The maximum absolute atomic E-state index is 4.21. The highest BCUT2D eigenvalue weighted by atomic mass is 32.2. The van der Waals surface area contributed by atoms with E-state index in [4.69, 9.17) is 0 Å². The molecule has 13 heavy (non-hydrogen) atoms. The molecule has 0 aliphatic rings. The topological polar surface area (TPSA) is 50.7 Å². The van der Waals surface area contributed by atoms with Gasteiger partial charge >= 0.3 is 0 Å². The molecule has 1 aromatic rings. The average Bonchev–Trinajstić information content (AvgIpc) is 2.01. The van der Waals surface area contributed by atoms with E-state index in [-0.39, 0.29) is 5.54 Å². The van der Waals surface area contributed by atoms with Gasteiger partial charge in [0.25, 0.3) is 0 Å². The average molecular weight is 198 g/mol. The highest BCUT2D eigenvalue weighted by Gasteiger charge is 2.11. The summed E-state index contributed by atoms with van der Waals surface area (Å²) in [5, 5.41) is 3.92. The molecule has 72 valence electrons. The maximum Gasteiger partial charge on any atom is 0.227 e. The van der Waals surface area contributed by atoms with E-state index in [2.05, 4.69) is 41.0 Å². The number of aromatic nitrogens is 3. The van der Waals surface area contributed by atoms with Gasteiger partial charge in [-0.05, 0) is 27.0 Å². The molecule has 1 N–H and O–H groups in total. The molecule has 1 rings (SSSR count). The van der Waals surface area contributed by atoms with E-state index >= 15 is 0 Å². The van der Waals surface area contributed by atoms with Crippen LogP contribution in [-0.2, 0) is 0 Å². The van der Waals surface area contributed by atoms with Crippen molar-refractivity contribution in [2.75, 3.05) is 11.6 Å². The third-order valence-electron chi connectivity index (χ3n) is 1.22. The molecule has 4 nitrogen and oxygen atoms in total. The van der Waals surface area contributed by atoms with Gasteiger partial charge in [-0.2, -0.15) is 4.98 Å². The number of thioether (sulfide) groups is 1. The van der Waals surface area contributed by atoms with Crippen LogP contribution in [0.15, 0.2) is 11.5 Å². The van der Waals surface area contributed by atoms with E-state index in [1.807, 2.05) is 6.26 Å². The standard InChI is InChI=1S/C8H14N4S/c1-8(2,3)12-6-9-5-10-7(11-6)13-4/h5H,1-4H3,(H,9,10,11,12). The molecule has 0 aliphatic heterocycles. The summed E-state index contributed by atoms with van der Waals surface area (Å²) in [6, 6.07) is 0. The van der Waals surface area contributed by atoms with E-state index in [1.54, 1.807) is 0 Å². The third-order valence-corrected chi connectivity index (χ3v) is 1.78. The molecule has 0 spiro atoms. The normalized spacial score (nSPS) is 11.4. The van der Waals surface area contributed by atoms with E-state index < -0.39 is 0 Å². The van der Waals surface area contributed by atoms with Crippen LogP contribution in [0.4, 0.5) is 5.95 Å². The second-order valence-electron chi connectivity index (χ2n) is 3.67. The predicted octanol–water partition coefficient (Wildman–Crippen LogP) is 1.80. The van der Waals surface area contributed by atoms with E-state index in [0.29, 0.717) is 5.95 Å². The minimum Gasteiger partial charge on any atom is -0.350 e. The molecule has 0 aliphatic carbocycles. The zero-order chi connectivity index (χ0) is 9.90. The fraction of sp³-hybridized carbons (Fsp3) is 0.625. The second kappa shape index (κ2) is 3.91. The Morgan fingerprint density at radius 2 is 2.00 bits per heavy atom. The lowest BCUT2D eigenvalue weighted by Crippen LogP contribution is -2.27. The van der Waals surface area contributed by atoms with Gasteiger partial charge in [-0.15, -0.1) is 0 Å². The van der Waals surface area contributed by atoms with Crippen LogP contribution >= 0.6 is 11.8 Å². The lowest BCUT2D eigenvalue weighted by Gasteiger charge is -2.19. The molecular formula is C8H14N4S. The second-order valence-corrected chi connectivity index (χ2v) is 4.44. The SMILES string of the molecule is CSc1ncnc(NC(C)(C)C)n1. The Bertz CT molecular complexity index is 282.